The molecule has 0 amide bonds. The van der Waals surface area contributed by atoms with E-state index in [1.807, 2.05) is 19.1 Å². The molecule has 6 heteroatoms. The third-order valence-corrected chi connectivity index (χ3v) is 4.22. The fourth-order valence-electron chi connectivity index (χ4n) is 1.54. The Labute approximate surface area is 117 Å². The van der Waals surface area contributed by atoms with E-state index in [2.05, 4.69) is 9.71 Å². The molecule has 2 aromatic rings. The molecule has 0 saturated carbocycles. The lowest BCUT2D eigenvalue weighted by Crippen LogP contribution is -2.13. The van der Waals surface area contributed by atoms with Gasteiger partial charge in [-0.1, -0.05) is 30.7 Å². The van der Waals surface area contributed by atoms with E-state index < -0.39 is 10.0 Å². The van der Waals surface area contributed by atoms with E-state index in [0.29, 0.717) is 5.69 Å². The molecule has 0 aliphatic heterocycles. The van der Waals surface area contributed by atoms with Gasteiger partial charge in [0.15, 0.2) is 0 Å². The van der Waals surface area contributed by atoms with Crippen molar-refractivity contribution in [3.05, 3.63) is 53.3 Å². The lowest BCUT2D eigenvalue weighted by molar-refractivity contribution is 0.601. The molecular weight excluding hydrogens is 284 g/mol. The van der Waals surface area contributed by atoms with E-state index >= 15 is 0 Å². The Balaban J connectivity index is 2.23. The van der Waals surface area contributed by atoms with Gasteiger partial charge in [0.1, 0.15) is 10.0 Å². The fraction of sp³-hybridized carbons (Fsp3) is 0.154. The molecule has 4 nitrogen and oxygen atoms in total. The van der Waals surface area contributed by atoms with Gasteiger partial charge in [0, 0.05) is 11.9 Å². The van der Waals surface area contributed by atoms with Crippen LogP contribution >= 0.6 is 11.6 Å². The molecule has 0 aliphatic rings. The minimum atomic E-state index is -3.62. The van der Waals surface area contributed by atoms with Crippen molar-refractivity contribution in [1.29, 1.82) is 0 Å². The summed E-state index contributed by atoms with van der Waals surface area (Å²) >= 11 is 5.63. The standard InChI is InChI=1S/C13H13ClN2O2S/c1-2-10-3-5-11(6-4-10)16-19(17,18)12-7-8-13(14)15-9-12/h3-9,16H,2H2,1H3. The largest absolute Gasteiger partial charge is 0.280 e. The summed E-state index contributed by atoms with van der Waals surface area (Å²) in [5, 5.41) is 0.256. The zero-order valence-electron chi connectivity index (χ0n) is 10.3. The Kier molecular flexibility index (Phi) is 4.07. The summed E-state index contributed by atoms with van der Waals surface area (Å²) in [7, 11) is -3.62. The van der Waals surface area contributed by atoms with Crippen LogP contribution in [0.5, 0.6) is 0 Å². The lowest BCUT2D eigenvalue weighted by atomic mass is 10.2. The average Bonchev–Trinajstić information content (AvgIpc) is 2.40. The van der Waals surface area contributed by atoms with E-state index in [9.17, 15) is 8.42 Å². The maximum atomic E-state index is 12.1. The van der Waals surface area contributed by atoms with Crippen LogP contribution in [0.2, 0.25) is 5.15 Å². The monoisotopic (exact) mass is 296 g/mol. The lowest BCUT2D eigenvalue weighted by Gasteiger charge is -2.08. The highest BCUT2D eigenvalue weighted by molar-refractivity contribution is 7.92. The van der Waals surface area contributed by atoms with E-state index in [1.54, 1.807) is 12.1 Å². The second kappa shape index (κ2) is 5.59. The smallest absolute Gasteiger partial charge is 0.263 e. The first-order valence-corrected chi connectivity index (χ1v) is 7.60. The van der Waals surface area contributed by atoms with Gasteiger partial charge in [-0.05, 0) is 36.2 Å². The van der Waals surface area contributed by atoms with E-state index in [1.165, 1.54) is 18.3 Å². The number of nitrogens with zero attached hydrogens (tertiary/aromatic N) is 1. The summed E-state index contributed by atoms with van der Waals surface area (Å²) in [6, 6.07) is 10.1. The zero-order valence-corrected chi connectivity index (χ0v) is 11.9. The van der Waals surface area contributed by atoms with Crippen molar-refractivity contribution in [2.75, 3.05) is 4.72 Å². The topological polar surface area (TPSA) is 59.1 Å². The maximum absolute atomic E-state index is 12.1. The highest BCUT2D eigenvalue weighted by Crippen LogP contribution is 2.17. The van der Waals surface area contributed by atoms with Gasteiger partial charge in [0.25, 0.3) is 10.0 Å². The Bertz CT molecular complexity index is 652. The van der Waals surface area contributed by atoms with Crippen LogP contribution in [0, 0.1) is 0 Å². The van der Waals surface area contributed by atoms with Crippen LogP contribution in [0.4, 0.5) is 5.69 Å². The minimum Gasteiger partial charge on any atom is -0.280 e. The van der Waals surface area contributed by atoms with Gasteiger partial charge in [-0.2, -0.15) is 0 Å². The summed E-state index contributed by atoms with van der Waals surface area (Å²) in [6.07, 6.45) is 2.14. The van der Waals surface area contributed by atoms with Gasteiger partial charge in [0.05, 0.1) is 0 Å². The van der Waals surface area contributed by atoms with Crippen LogP contribution in [0.1, 0.15) is 12.5 Å². The molecule has 0 aliphatic carbocycles. The number of halogens is 1. The predicted octanol–water partition coefficient (Wildman–Crippen LogP) is 3.10. The molecule has 0 spiro atoms. The number of aromatic nitrogens is 1. The number of pyridine rings is 1. The fourth-order valence-corrected chi connectivity index (χ4v) is 2.66. The van der Waals surface area contributed by atoms with Gasteiger partial charge < -0.3 is 0 Å². The highest BCUT2D eigenvalue weighted by atomic mass is 35.5. The number of hydrogen-bond acceptors (Lipinski definition) is 3. The van der Waals surface area contributed by atoms with E-state index in [0.717, 1.165) is 12.0 Å². The van der Waals surface area contributed by atoms with Crippen molar-refractivity contribution in [2.45, 2.75) is 18.2 Å². The van der Waals surface area contributed by atoms with E-state index in [-0.39, 0.29) is 10.0 Å². The summed E-state index contributed by atoms with van der Waals surface area (Å²) in [6.45, 7) is 2.04. The molecule has 0 radical (unpaired) electrons. The van der Waals surface area contributed by atoms with Gasteiger partial charge in [-0.15, -0.1) is 0 Å². The van der Waals surface area contributed by atoms with Crippen molar-refractivity contribution < 1.29 is 8.42 Å². The summed E-state index contributed by atoms with van der Waals surface area (Å²) < 4.78 is 26.6. The molecule has 0 atom stereocenters. The average molecular weight is 297 g/mol. The van der Waals surface area contributed by atoms with Crippen molar-refractivity contribution in [3.8, 4) is 0 Å². The van der Waals surface area contributed by atoms with Gasteiger partial charge >= 0.3 is 0 Å². The predicted molar refractivity (Wildman–Crippen MR) is 75.9 cm³/mol. The minimum absolute atomic E-state index is 0.0801. The highest BCUT2D eigenvalue weighted by Gasteiger charge is 2.14. The second-order valence-corrected chi connectivity index (χ2v) is 6.04. The van der Waals surface area contributed by atoms with Gasteiger partial charge in [0.2, 0.25) is 0 Å². The number of benzene rings is 1. The second-order valence-electron chi connectivity index (χ2n) is 3.97. The molecule has 2 rings (SSSR count). The summed E-state index contributed by atoms with van der Waals surface area (Å²) in [5.74, 6) is 0. The molecule has 1 aromatic heterocycles. The van der Waals surface area contributed by atoms with Crippen molar-refractivity contribution in [1.82, 2.24) is 4.98 Å². The number of hydrogen-bond donors (Lipinski definition) is 1. The molecule has 0 saturated heterocycles. The zero-order chi connectivity index (χ0) is 13.9. The summed E-state index contributed by atoms with van der Waals surface area (Å²) in [4.78, 5) is 3.84. The van der Waals surface area contributed by atoms with Crippen LogP contribution in [-0.2, 0) is 16.4 Å². The molecule has 0 bridgehead atoms. The molecule has 1 N–H and O–H groups in total. The van der Waals surface area contributed by atoms with Crippen molar-refractivity contribution >= 4 is 27.3 Å². The molecule has 100 valence electrons. The van der Waals surface area contributed by atoms with Crippen LogP contribution in [0.3, 0.4) is 0 Å². The first kappa shape index (κ1) is 13.8. The first-order chi connectivity index (χ1) is 9.01. The maximum Gasteiger partial charge on any atom is 0.263 e. The number of sulfonamides is 1. The normalized spacial score (nSPS) is 11.3. The van der Waals surface area contributed by atoms with Gasteiger partial charge in [-0.25, -0.2) is 13.4 Å². The molecule has 1 aromatic carbocycles. The Morgan fingerprint density at radius 3 is 2.37 bits per heavy atom. The first-order valence-electron chi connectivity index (χ1n) is 5.74. The number of rotatable bonds is 4. The molecule has 1 heterocycles. The molecule has 0 fully saturated rings. The number of anilines is 1. The van der Waals surface area contributed by atoms with Crippen molar-refractivity contribution in [2.24, 2.45) is 0 Å². The van der Waals surface area contributed by atoms with Crippen LogP contribution in [-0.4, -0.2) is 13.4 Å². The molecule has 0 unspecified atom stereocenters. The van der Waals surface area contributed by atoms with Crippen LogP contribution in [0.25, 0.3) is 0 Å². The number of aryl methyl sites for hydroxylation is 1. The SMILES string of the molecule is CCc1ccc(NS(=O)(=O)c2ccc(Cl)nc2)cc1. The quantitative estimate of drug-likeness (QED) is 0.882. The van der Waals surface area contributed by atoms with Crippen LogP contribution in [0.15, 0.2) is 47.5 Å². The van der Waals surface area contributed by atoms with Gasteiger partial charge in [-0.3, -0.25) is 4.72 Å². The van der Waals surface area contributed by atoms with Crippen molar-refractivity contribution in [3.63, 3.8) is 0 Å². The molecule has 19 heavy (non-hydrogen) atoms. The third kappa shape index (κ3) is 3.45. The Morgan fingerprint density at radius 2 is 1.84 bits per heavy atom. The Morgan fingerprint density at radius 1 is 1.16 bits per heavy atom. The third-order valence-electron chi connectivity index (χ3n) is 2.62. The number of nitrogens with one attached hydrogen (secondary N) is 1. The van der Waals surface area contributed by atoms with Crippen LogP contribution < -0.4 is 4.72 Å². The Hall–Kier alpha value is -1.59. The van der Waals surface area contributed by atoms with E-state index in [4.69, 9.17) is 11.6 Å². The summed E-state index contributed by atoms with van der Waals surface area (Å²) in [5.41, 5.74) is 1.67. The molecular formula is C13H13ClN2O2S.